The fraction of sp³-hybridized carbons (Fsp3) is 0.0625. The minimum atomic E-state index is -0.0994. The van der Waals surface area contributed by atoms with Crippen LogP contribution in [0.4, 0.5) is 0 Å². The second-order valence-corrected chi connectivity index (χ2v) is 4.81. The number of aromatic nitrogens is 2. The van der Waals surface area contributed by atoms with E-state index in [1.165, 1.54) is 6.07 Å². The van der Waals surface area contributed by atoms with E-state index in [9.17, 15) is 4.79 Å². The fourth-order valence-electron chi connectivity index (χ4n) is 2.40. The highest BCUT2D eigenvalue weighted by molar-refractivity contribution is 5.93. The van der Waals surface area contributed by atoms with Gasteiger partial charge in [0.25, 0.3) is 0 Å². The first kappa shape index (κ1) is 11.1. The van der Waals surface area contributed by atoms with E-state index < -0.39 is 0 Å². The van der Waals surface area contributed by atoms with E-state index in [0.29, 0.717) is 27.9 Å². The van der Waals surface area contributed by atoms with Crippen LogP contribution < -0.4 is 5.43 Å². The molecule has 0 bridgehead atoms. The van der Waals surface area contributed by atoms with Gasteiger partial charge >= 0.3 is 0 Å². The first-order valence-electron chi connectivity index (χ1n) is 6.31. The van der Waals surface area contributed by atoms with Gasteiger partial charge in [-0.25, -0.2) is 4.98 Å². The number of benzene rings is 2. The Morgan fingerprint density at radius 1 is 1.15 bits per heavy atom. The van der Waals surface area contributed by atoms with Crippen LogP contribution >= 0.6 is 0 Å². The molecule has 0 fully saturated rings. The molecule has 0 radical (unpaired) electrons. The molecule has 96 valence electrons. The van der Waals surface area contributed by atoms with E-state index in [4.69, 9.17) is 4.42 Å². The van der Waals surface area contributed by atoms with Crippen molar-refractivity contribution in [1.29, 1.82) is 0 Å². The van der Waals surface area contributed by atoms with Crippen molar-refractivity contribution in [2.24, 2.45) is 0 Å². The topological polar surface area (TPSA) is 56.0 Å². The summed E-state index contributed by atoms with van der Waals surface area (Å²) in [5, 5.41) is 0.565. The summed E-state index contributed by atoms with van der Waals surface area (Å²) in [6.45, 7) is 2.00. The molecule has 0 N–H and O–H groups in total. The molecule has 20 heavy (non-hydrogen) atoms. The monoisotopic (exact) mass is 262 g/mol. The van der Waals surface area contributed by atoms with Crippen molar-refractivity contribution in [3.05, 3.63) is 58.4 Å². The molecular weight excluding hydrogens is 252 g/mol. The Bertz CT molecular complexity index is 988. The Morgan fingerprint density at radius 3 is 2.95 bits per heavy atom. The third kappa shape index (κ3) is 1.51. The summed E-state index contributed by atoms with van der Waals surface area (Å²) >= 11 is 0. The van der Waals surface area contributed by atoms with E-state index in [-0.39, 0.29) is 5.43 Å². The molecular formula is C16H10N2O2. The maximum Gasteiger partial charge on any atom is 0.191 e. The van der Waals surface area contributed by atoms with E-state index in [1.54, 1.807) is 18.3 Å². The predicted molar refractivity (Wildman–Crippen MR) is 76.9 cm³/mol. The first-order chi connectivity index (χ1) is 9.72. The average molecular weight is 262 g/mol. The summed E-state index contributed by atoms with van der Waals surface area (Å²) in [5.74, 6) is 0.470. The van der Waals surface area contributed by atoms with E-state index in [1.807, 2.05) is 25.1 Å². The van der Waals surface area contributed by atoms with Crippen LogP contribution in [0, 0.1) is 6.92 Å². The second kappa shape index (κ2) is 3.87. The normalized spacial score (nSPS) is 11.4. The summed E-state index contributed by atoms with van der Waals surface area (Å²) in [6, 6.07) is 10.8. The van der Waals surface area contributed by atoms with E-state index in [2.05, 4.69) is 9.97 Å². The zero-order valence-electron chi connectivity index (χ0n) is 10.8. The lowest BCUT2D eigenvalue weighted by Gasteiger charge is -2.08. The summed E-state index contributed by atoms with van der Waals surface area (Å²) in [6.07, 6.45) is 1.66. The van der Waals surface area contributed by atoms with Gasteiger partial charge in [-0.3, -0.25) is 9.78 Å². The van der Waals surface area contributed by atoms with Crippen LogP contribution in [-0.4, -0.2) is 9.97 Å². The molecule has 0 unspecified atom stereocenters. The Morgan fingerprint density at radius 2 is 2.05 bits per heavy atom. The third-order valence-corrected chi connectivity index (χ3v) is 3.36. The first-order valence-corrected chi connectivity index (χ1v) is 6.31. The highest BCUT2D eigenvalue weighted by Crippen LogP contribution is 2.28. The molecule has 4 rings (SSSR count). The summed E-state index contributed by atoms with van der Waals surface area (Å²) in [5.41, 5.74) is 3.65. The van der Waals surface area contributed by atoms with Gasteiger partial charge in [0, 0.05) is 12.3 Å². The largest absolute Gasteiger partial charge is 0.453 e. The molecule has 0 atom stereocenters. The van der Waals surface area contributed by atoms with Gasteiger partial charge in [-0.1, -0.05) is 6.07 Å². The summed E-state index contributed by atoms with van der Waals surface area (Å²) < 4.78 is 5.79. The van der Waals surface area contributed by atoms with Crippen LogP contribution in [0.25, 0.3) is 33.5 Å². The van der Waals surface area contributed by atoms with Gasteiger partial charge < -0.3 is 4.42 Å². The number of aryl methyl sites for hydroxylation is 1. The highest BCUT2D eigenvalue weighted by Gasteiger charge is 2.16. The molecule has 1 aromatic heterocycles. The highest BCUT2D eigenvalue weighted by atomic mass is 16.3. The Balaban J connectivity index is 2.26. The summed E-state index contributed by atoms with van der Waals surface area (Å²) in [7, 11) is 0. The molecule has 4 nitrogen and oxygen atoms in total. The fourth-order valence-corrected chi connectivity index (χ4v) is 2.40. The average Bonchev–Trinajstić information content (AvgIpc) is 2.46. The van der Waals surface area contributed by atoms with Gasteiger partial charge in [0.2, 0.25) is 0 Å². The Kier molecular flexibility index (Phi) is 2.15. The molecule has 2 aromatic rings. The van der Waals surface area contributed by atoms with E-state index in [0.717, 1.165) is 11.1 Å². The van der Waals surface area contributed by atoms with Crippen LogP contribution in [0.3, 0.4) is 0 Å². The minimum Gasteiger partial charge on any atom is -0.453 e. The summed E-state index contributed by atoms with van der Waals surface area (Å²) in [4.78, 5) is 20.9. The van der Waals surface area contributed by atoms with E-state index >= 15 is 0 Å². The molecule has 1 aliphatic carbocycles. The van der Waals surface area contributed by atoms with Crippen molar-refractivity contribution in [1.82, 2.24) is 9.97 Å². The molecule has 1 aromatic carbocycles. The molecule has 2 heterocycles. The minimum absolute atomic E-state index is 0.0994. The number of fused-ring (bicyclic) bond motifs is 4. The second-order valence-electron chi connectivity index (χ2n) is 4.81. The van der Waals surface area contributed by atoms with Crippen LogP contribution in [0.1, 0.15) is 5.56 Å². The zero-order chi connectivity index (χ0) is 13.7. The number of hydrogen-bond donors (Lipinski definition) is 0. The molecule has 0 saturated carbocycles. The molecule has 1 aliphatic heterocycles. The van der Waals surface area contributed by atoms with Crippen LogP contribution in [0.2, 0.25) is 0 Å². The lowest BCUT2D eigenvalue weighted by atomic mass is 10.1. The van der Waals surface area contributed by atoms with Crippen molar-refractivity contribution in [3.8, 4) is 11.5 Å². The Labute approximate surface area is 114 Å². The number of nitrogens with zero attached hydrogens (tertiary/aromatic N) is 2. The molecule has 4 heteroatoms. The third-order valence-electron chi connectivity index (χ3n) is 3.36. The lowest BCUT2D eigenvalue weighted by Crippen LogP contribution is -2.04. The molecule has 2 aliphatic rings. The predicted octanol–water partition coefficient (Wildman–Crippen LogP) is 3.15. The quantitative estimate of drug-likeness (QED) is 0.361. The van der Waals surface area contributed by atoms with Crippen molar-refractivity contribution in [2.75, 3.05) is 0 Å². The van der Waals surface area contributed by atoms with Crippen LogP contribution in [-0.2, 0) is 0 Å². The zero-order valence-corrected chi connectivity index (χ0v) is 10.8. The SMILES string of the molecule is Cc1ccc2oc3cc(=O)c4cccnc4c-3nc2c1. The molecule has 0 spiro atoms. The van der Waals surface area contributed by atoms with Gasteiger partial charge in [0.05, 0.1) is 5.39 Å². The van der Waals surface area contributed by atoms with Crippen molar-refractivity contribution < 1.29 is 4.42 Å². The number of hydrogen-bond acceptors (Lipinski definition) is 4. The molecule has 0 amide bonds. The van der Waals surface area contributed by atoms with Crippen molar-refractivity contribution in [3.63, 3.8) is 0 Å². The molecule has 0 saturated heterocycles. The van der Waals surface area contributed by atoms with Gasteiger partial charge in [-0.15, -0.1) is 0 Å². The van der Waals surface area contributed by atoms with Gasteiger partial charge in [-0.05, 0) is 36.8 Å². The Hall–Kier alpha value is -2.75. The maximum atomic E-state index is 12.1. The number of pyridine rings is 1. The lowest BCUT2D eigenvalue weighted by molar-refractivity contribution is 0.613. The maximum absolute atomic E-state index is 12.1. The van der Waals surface area contributed by atoms with Crippen molar-refractivity contribution >= 4 is 22.0 Å². The van der Waals surface area contributed by atoms with Crippen LogP contribution in [0.15, 0.2) is 51.8 Å². The van der Waals surface area contributed by atoms with Gasteiger partial charge in [-0.2, -0.15) is 0 Å². The smallest absolute Gasteiger partial charge is 0.191 e. The van der Waals surface area contributed by atoms with Gasteiger partial charge in [0.1, 0.15) is 16.7 Å². The van der Waals surface area contributed by atoms with Crippen LogP contribution in [0.5, 0.6) is 0 Å². The number of rotatable bonds is 0. The van der Waals surface area contributed by atoms with Gasteiger partial charge in [0.15, 0.2) is 16.8 Å². The standard InChI is InChI=1S/C16H10N2O2/c1-9-4-5-13-11(7-9)18-16-14(20-13)8-12(19)10-3-2-6-17-15(10)16/h2-8H,1H3. The van der Waals surface area contributed by atoms with Crippen molar-refractivity contribution in [2.45, 2.75) is 6.92 Å².